The third kappa shape index (κ3) is 2.71. The number of nitrogens with one attached hydrogen (secondary N) is 1. The van der Waals surface area contributed by atoms with Crippen molar-refractivity contribution in [3.63, 3.8) is 0 Å². The van der Waals surface area contributed by atoms with Crippen molar-refractivity contribution in [2.45, 2.75) is 4.90 Å². The van der Waals surface area contributed by atoms with Gasteiger partial charge >= 0.3 is 0 Å². The highest BCUT2D eigenvalue weighted by Gasteiger charge is 2.06. The van der Waals surface area contributed by atoms with Gasteiger partial charge in [0.15, 0.2) is 0 Å². The maximum absolute atomic E-state index is 12.8. The summed E-state index contributed by atoms with van der Waals surface area (Å²) in [5, 5.41) is 2.57. The fraction of sp³-hybridized carbons (Fsp3) is 0.222. The molecule has 14 heavy (non-hydrogen) atoms. The van der Waals surface area contributed by atoms with Crippen molar-refractivity contribution in [1.82, 2.24) is 5.32 Å². The SMILES string of the molecule is NCCNC(=O)c1ccc(F)c(S)c1. The van der Waals surface area contributed by atoms with Crippen molar-refractivity contribution in [2.24, 2.45) is 5.73 Å². The van der Waals surface area contributed by atoms with Crippen LogP contribution >= 0.6 is 12.6 Å². The first-order chi connectivity index (χ1) is 6.65. The highest BCUT2D eigenvalue weighted by molar-refractivity contribution is 7.80. The van der Waals surface area contributed by atoms with Crippen LogP contribution < -0.4 is 11.1 Å². The molecule has 0 spiro atoms. The van der Waals surface area contributed by atoms with Crippen molar-refractivity contribution in [2.75, 3.05) is 13.1 Å². The van der Waals surface area contributed by atoms with E-state index in [2.05, 4.69) is 17.9 Å². The summed E-state index contributed by atoms with van der Waals surface area (Å²) in [5.74, 6) is -0.713. The molecule has 0 unspecified atom stereocenters. The number of nitrogens with two attached hydrogens (primary N) is 1. The fourth-order valence-electron chi connectivity index (χ4n) is 0.942. The van der Waals surface area contributed by atoms with Gasteiger partial charge in [-0.15, -0.1) is 12.6 Å². The van der Waals surface area contributed by atoms with E-state index in [-0.39, 0.29) is 10.8 Å². The number of carbonyl (C=O) groups is 1. The van der Waals surface area contributed by atoms with Crippen LogP contribution in [-0.2, 0) is 0 Å². The Balaban J connectivity index is 2.76. The summed E-state index contributed by atoms with van der Waals surface area (Å²) in [6.07, 6.45) is 0. The van der Waals surface area contributed by atoms with E-state index >= 15 is 0 Å². The third-order valence-corrected chi connectivity index (χ3v) is 1.98. The van der Waals surface area contributed by atoms with E-state index in [9.17, 15) is 9.18 Å². The van der Waals surface area contributed by atoms with Crippen LogP contribution in [0.4, 0.5) is 4.39 Å². The minimum absolute atomic E-state index is 0.158. The first-order valence-electron chi connectivity index (χ1n) is 4.12. The van der Waals surface area contributed by atoms with E-state index in [0.29, 0.717) is 18.7 Å². The quantitative estimate of drug-likeness (QED) is 0.652. The number of amides is 1. The largest absolute Gasteiger partial charge is 0.351 e. The minimum Gasteiger partial charge on any atom is -0.351 e. The van der Waals surface area contributed by atoms with E-state index in [0.717, 1.165) is 0 Å². The molecule has 3 nitrogen and oxygen atoms in total. The monoisotopic (exact) mass is 214 g/mol. The number of hydrogen-bond donors (Lipinski definition) is 3. The van der Waals surface area contributed by atoms with Gasteiger partial charge in [0.2, 0.25) is 0 Å². The molecule has 1 rings (SSSR count). The van der Waals surface area contributed by atoms with Crippen LogP contribution in [0.25, 0.3) is 0 Å². The zero-order valence-corrected chi connectivity index (χ0v) is 8.35. The Labute approximate surface area is 86.9 Å². The highest BCUT2D eigenvalue weighted by Crippen LogP contribution is 2.13. The zero-order chi connectivity index (χ0) is 10.6. The third-order valence-electron chi connectivity index (χ3n) is 1.64. The van der Waals surface area contributed by atoms with Crippen molar-refractivity contribution >= 4 is 18.5 Å². The van der Waals surface area contributed by atoms with Gasteiger partial charge in [0, 0.05) is 23.5 Å². The van der Waals surface area contributed by atoms with E-state index in [1.807, 2.05) is 0 Å². The van der Waals surface area contributed by atoms with E-state index in [4.69, 9.17) is 5.73 Å². The molecule has 0 saturated heterocycles. The second-order valence-electron chi connectivity index (χ2n) is 2.71. The second-order valence-corrected chi connectivity index (χ2v) is 3.19. The Morgan fingerprint density at radius 2 is 2.29 bits per heavy atom. The molecular weight excluding hydrogens is 203 g/mol. The smallest absolute Gasteiger partial charge is 0.251 e. The molecule has 1 aromatic rings. The highest BCUT2D eigenvalue weighted by atomic mass is 32.1. The Morgan fingerprint density at radius 3 is 2.86 bits per heavy atom. The maximum Gasteiger partial charge on any atom is 0.251 e. The lowest BCUT2D eigenvalue weighted by Gasteiger charge is -2.04. The summed E-state index contributed by atoms with van der Waals surface area (Å²) in [6.45, 7) is 0.777. The van der Waals surface area contributed by atoms with Gasteiger partial charge in [-0.25, -0.2) is 4.39 Å². The van der Waals surface area contributed by atoms with E-state index < -0.39 is 5.82 Å². The Morgan fingerprint density at radius 1 is 1.57 bits per heavy atom. The predicted molar refractivity (Wildman–Crippen MR) is 55.0 cm³/mol. The number of thiol groups is 1. The molecule has 0 bridgehead atoms. The van der Waals surface area contributed by atoms with Crippen molar-refractivity contribution in [3.8, 4) is 0 Å². The first-order valence-corrected chi connectivity index (χ1v) is 4.56. The zero-order valence-electron chi connectivity index (χ0n) is 7.46. The maximum atomic E-state index is 12.8. The summed E-state index contributed by atoms with van der Waals surface area (Å²) in [6, 6.07) is 3.99. The minimum atomic E-state index is -0.441. The summed E-state index contributed by atoms with van der Waals surface area (Å²) >= 11 is 3.87. The van der Waals surface area contributed by atoms with Gasteiger partial charge in [-0.2, -0.15) is 0 Å². The molecule has 0 fully saturated rings. The van der Waals surface area contributed by atoms with Crippen molar-refractivity contribution in [3.05, 3.63) is 29.6 Å². The molecule has 0 aliphatic heterocycles. The average molecular weight is 214 g/mol. The van der Waals surface area contributed by atoms with Gasteiger partial charge in [-0.1, -0.05) is 0 Å². The molecule has 5 heteroatoms. The topological polar surface area (TPSA) is 55.1 Å². The molecular formula is C9H11FN2OS. The average Bonchev–Trinajstić information content (AvgIpc) is 2.18. The lowest BCUT2D eigenvalue weighted by molar-refractivity contribution is 0.0954. The molecule has 0 radical (unpaired) electrons. The Hall–Kier alpha value is -1.07. The van der Waals surface area contributed by atoms with Gasteiger partial charge in [-0.3, -0.25) is 4.79 Å². The second kappa shape index (κ2) is 4.97. The van der Waals surface area contributed by atoms with Crippen LogP contribution in [0.3, 0.4) is 0 Å². The van der Waals surface area contributed by atoms with Gasteiger partial charge in [0.1, 0.15) is 5.82 Å². The molecule has 76 valence electrons. The molecule has 1 amide bonds. The van der Waals surface area contributed by atoms with Crippen LogP contribution in [-0.4, -0.2) is 19.0 Å². The van der Waals surface area contributed by atoms with E-state index in [1.54, 1.807) is 0 Å². The molecule has 0 atom stereocenters. The number of rotatable bonds is 3. The van der Waals surface area contributed by atoms with Crippen LogP contribution in [0, 0.1) is 5.82 Å². The van der Waals surface area contributed by atoms with Gasteiger partial charge in [-0.05, 0) is 18.2 Å². The summed E-state index contributed by atoms with van der Waals surface area (Å²) in [7, 11) is 0. The van der Waals surface area contributed by atoms with Gasteiger partial charge < -0.3 is 11.1 Å². The Bertz CT molecular complexity index is 344. The molecule has 0 saturated carbocycles. The molecule has 0 aliphatic carbocycles. The predicted octanol–water partition coefficient (Wildman–Crippen LogP) is 0.803. The van der Waals surface area contributed by atoms with Crippen LogP contribution in [0.2, 0.25) is 0 Å². The number of carbonyl (C=O) groups excluding carboxylic acids is 1. The van der Waals surface area contributed by atoms with Gasteiger partial charge in [0.25, 0.3) is 5.91 Å². The van der Waals surface area contributed by atoms with Crippen LogP contribution in [0.1, 0.15) is 10.4 Å². The van der Waals surface area contributed by atoms with Crippen LogP contribution in [0.5, 0.6) is 0 Å². The molecule has 0 aromatic heterocycles. The lowest BCUT2D eigenvalue weighted by Crippen LogP contribution is -2.28. The summed E-state index contributed by atoms with van der Waals surface area (Å²) in [4.78, 5) is 11.5. The van der Waals surface area contributed by atoms with Crippen molar-refractivity contribution < 1.29 is 9.18 Å². The first kappa shape index (κ1) is 11.0. The Kier molecular flexibility index (Phi) is 3.91. The molecule has 0 heterocycles. The summed E-state index contributed by atoms with van der Waals surface area (Å²) in [5.41, 5.74) is 5.60. The number of hydrogen-bond acceptors (Lipinski definition) is 3. The normalized spacial score (nSPS) is 9.93. The fourth-order valence-corrected chi connectivity index (χ4v) is 1.16. The van der Waals surface area contributed by atoms with Crippen LogP contribution in [0.15, 0.2) is 23.1 Å². The molecule has 1 aromatic carbocycles. The number of benzene rings is 1. The molecule has 3 N–H and O–H groups in total. The van der Waals surface area contributed by atoms with Gasteiger partial charge in [0.05, 0.1) is 0 Å². The standard InChI is InChI=1S/C9H11FN2OS/c10-7-2-1-6(5-8(7)14)9(13)12-4-3-11/h1-2,5,14H,3-4,11H2,(H,12,13). The summed E-state index contributed by atoms with van der Waals surface area (Å²) < 4.78 is 12.8. The number of halogens is 1. The van der Waals surface area contributed by atoms with Crippen molar-refractivity contribution in [1.29, 1.82) is 0 Å². The lowest BCUT2D eigenvalue weighted by atomic mass is 10.2. The molecule has 0 aliphatic rings. The van der Waals surface area contributed by atoms with E-state index in [1.165, 1.54) is 18.2 Å².